The van der Waals surface area contributed by atoms with Crippen LogP contribution >= 0.6 is 11.3 Å². The Morgan fingerprint density at radius 1 is 0.970 bits per heavy atom. The summed E-state index contributed by atoms with van der Waals surface area (Å²) >= 11 is 1.41. The van der Waals surface area contributed by atoms with Crippen LogP contribution < -0.4 is 19.6 Å². The summed E-state index contributed by atoms with van der Waals surface area (Å²) in [4.78, 5) is 18.2. The summed E-state index contributed by atoms with van der Waals surface area (Å²) in [5.74, 6) is 1.72. The number of rotatable bonds is 7. The van der Waals surface area contributed by atoms with E-state index in [9.17, 15) is 4.79 Å². The van der Waals surface area contributed by atoms with E-state index in [1.165, 1.54) is 16.9 Å². The smallest absolute Gasteiger partial charge is 0.274 e. The molecule has 0 aliphatic rings. The van der Waals surface area contributed by atoms with Crippen molar-refractivity contribution < 1.29 is 9.47 Å². The highest BCUT2D eigenvalue weighted by molar-refractivity contribution is 7.15. The molecular weight excluding hydrogens is 432 g/mol. The van der Waals surface area contributed by atoms with Crippen molar-refractivity contribution in [3.8, 4) is 11.5 Å². The Labute approximate surface area is 195 Å². The first-order valence-corrected chi connectivity index (χ1v) is 11.7. The molecule has 0 bridgehead atoms. The van der Waals surface area contributed by atoms with Crippen LogP contribution in [0.5, 0.6) is 11.5 Å². The molecule has 0 saturated heterocycles. The van der Waals surface area contributed by atoms with E-state index in [1.807, 2.05) is 60.7 Å². The summed E-state index contributed by atoms with van der Waals surface area (Å²) in [5.41, 5.74) is 4.99. The van der Waals surface area contributed by atoms with Gasteiger partial charge in [-0.2, -0.15) is 0 Å². The molecule has 0 fully saturated rings. The van der Waals surface area contributed by atoms with Crippen LogP contribution in [0.3, 0.4) is 0 Å². The van der Waals surface area contributed by atoms with Crippen LogP contribution in [0.25, 0.3) is 22.1 Å². The van der Waals surface area contributed by atoms with Crippen molar-refractivity contribution in [3.63, 3.8) is 0 Å². The lowest BCUT2D eigenvalue weighted by molar-refractivity contribution is 0.246. The molecule has 2 aromatic heterocycles. The van der Waals surface area contributed by atoms with Gasteiger partial charge < -0.3 is 9.47 Å². The molecule has 5 aromatic rings. The zero-order chi connectivity index (χ0) is 22.8. The van der Waals surface area contributed by atoms with Crippen LogP contribution in [0.2, 0.25) is 0 Å². The van der Waals surface area contributed by atoms with Crippen LogP contribution in [-0.4, -0.2) is 22.6 Å². The molecule has 2 heterocycles. The molecule has 0 spiro atoms. The number of hydrogen-bond acceptors (Lipinski definition) is 5. The molecule has 0 aliphatic heterocycles. The Hall–Kier alpha value is -3.64. The molecule has 0 amide bonds. The lowest BCUT2D eigenvalue weighted by atomic mass is 10.1. The minimum atomic E-state index is -0.0344. The standard InChI is InChI=1S/C27H24N2O3S/c1-18-8-13-24(19(2)16-18)32-15-5-14-31-21-11-9-20(10-12-21)17-25-26(30)29-23-7-4-3-6-22(23)28-27(29)33-25/h3-4,6-13,16-17H,5,14-15H2,1-2H3/b25-17-. The van der Waals surface area contributed by atoms with Crippen molar-refractivity contribution in [2.24, 2.45) is 0 Å². The third-order valence-electron chi connectivity index (χ3n) is 5.47. The number of aromatic nitrogens is 2. The van der Waals surface area contributed by atoms with E-state index in [-0.39, 0.29) is 5.56 Å². The number of imidazole rings is 1. The van der Waals surface area contributed by atoms with E-state index in [0.717, 1.165) is 45.0 Å². The fraction of sp³-hybridized carbons (Fsp3) is 0.185. The van der Waals surface area contributed by atoms with Gasteiger partial charge in [0.25, 0.3) is 5.56 Å². The van der Waals surface area contributed by atoms with Crippen molar-refractivity contribution >= 4 is 33.4 Å². The van der Waals surface area contributed by atoms with Gasteiger partial charge in [-0.15, -0.1) is 0 Å². The second-order valence-corrected chi connectivity index (χ2v) is 9.03. The minimum absolute atomic E-state index is 0.0344. The molecule has 5 nitrogen and oxygen atoms in total. The largest absolute Gasteiger partial charge is 0.493 e. The van der Waals surface area contributed by atoms with Gasteiger partial charge in [0.15, 0.2) is 4.96 Å². The highest BCUT2D eigenvalue weighted by Crippen LogP contribution is 2.19. The van der Waals surface area contributed by atoms with Crippen molar-refractivity contribution in [2.75, 3.05) is 13.2 Å². The normalized spacial score (nSPS) is 12.0. The van der Waals surface area contributed by atoms with Gasteiger partial charge in [0.05, 0.1) is 28.8 Å². The number of nitrogens with zero attached hydrogens (tertiary/aromatic N) is 2. The second kappa shape index (κ2) is 9.08. The molecule has 33 heavy (non-hydrogen) atoms. The maximum absolute atomic E-state index is 12.9. The van der Waals surface area contributed by atoms with Crippen LogP contribution in [0.4, 0.5) is 0 Å². The molecule has 0 unspecified atom stereocenters. The fourth-order valence-electron chi connectivity index (χ4n) is 3.82. The highest BCUT2D eigenvalue weighted by Gasteiger charge is 2.10. The molecule has 6 heteroatoms. The Morgan fingerprint density at radius 2 is 1.76 bits per heavy atom. The summed E-state index contributed by atoms with van der Waals surface area (Å²) in [7, 11) is 0. The average Bonchev–Trinajstić information content (AvgIpc) is 3.32. The summed E-state index contributed by atoms with van der Waals surface area (Å²) < 4.78 is 14.0. The highest BCUT2D eigenvalue weighted by atomic mass is 32.1. The van der Waals surface area contributed by atoms with E-state index < -0.39 is 0 Å². The van der Waals surface area contributed by atoms with Gasteiger partial charge in [0.1, 0.15) is 11.5 Å². The number of hydrogen-bond donors (Lipinski definition) is 0. The van der Waals surface area contributed by atoms with Gasteiger partial charge >= 0.3 is 0 Å². The third-order valence-corrected chi connectivity index (χ3v) is 6.44. The average molecular weight is 457 g/mol. The maximum atomic E-state index is 12.9. The molecule has 0 saturated carbocycles. The molecule has 3 aromatic carbocycles. The minimum Gasteiger partial charge on any atom is -0.493 e. The lowest BCUT2D eigenvalue weighted by Gasteiger charge is -2.10. The fourth-order valence-corrected chi connectivity index (χ4v) is 4.80. The first-order valence-electron chi connectivity index (χ1n) is 10.9. The van der Waals surface area contributed by atoms with Crippen molar-refractivity contribution in [1.29, 1.82) is 0 Å². The predicted molar refractivity (Wildman–Crippen MR) is 134 cm³/mol. The zero-order valence-corrected chi connectivity index (χ0v) is 19.4. The topological polar surface area (TPSA) is 52.8 Å². The molecule has 0 aliphatic carbocycles. The first kappa shape index (κ1) is 21.2. The van der Waals surface area contributed by atoms with Crippen molar-refractivity contribution in [1.82, 2.24) is 9.38 Å². The van der Waals surface area contributed by atoms with Crippen LogP contribution in [0, 0.1) is 13.8 Å². The van der Waals surface area contributed by atoms with Gasteiger partial charge in [-0.3, -0.25) is 4.79 Å². The number of benzene rings is 3. The summed E-state index contributed by atoms with van der Waals surface area (Å²) in [5, 5.41) is 0. The number of fused-ring (bicyclic) bond motifs is 3. The number of thiazole rings is 1. The van der Waals surface area contributed by atoms with Gasteiger partial charge in [0, 0.05) is 6.42 Å². The Morgan fingerprint density at radius 3 is 2.58 bits per heavy atom. The predicted octanol–water partition coefficient (Wildman–Crippen LogP) is 4.92. The van der Waals surface area contributed by atoms with E-state index >= 15 is 0 Å². The van der Waals surface area contributed by atoms with Crippen molar-refractivity contribution in [2.45, 2.75) is 20.3 Å². The molecule has 0 radical (unpaired) electrons. The summed E-state index contributed by atoms with van der Waals surface area (Å²) in [6.07, 6.45) is 2.70. The Bertz CT molecular complexity index is 1530. The Kier molecular flexibility index (Phi) is 5.84. The maximum Gasteiger partial charge on any atom is 0.274 e. The molecule has 5 rings (SSSR count). The Balaban J connectivity index is 1.20. The van der Waals surface area contributed by atoms with E-state index in [4.69, 9.17) is 9.47 Å². The van der Waals surface area contributed by atoms with Gasteiger partial charge in [-0.25, -0.2) is 9.38 Å². The molecule has 0 N–H and O–H groups in total. The molecule has 166 valence electrons. The van der Waals surface area contributed by atoms with Gasteiger partial charge in [-0.1, -0.05) is 53.3 Å². The van der Waals surface area contributed by atoms with Crippen LogP contribution in [-0.2, 0) is 0 Å². The summed E-state index contributed by atoms with van der Waals surface area (Å²) in [6, 6.07) is 21.7. The molecular formula is C27H24N2O3S. The SMILES string of the molecule is Cc1ccc(OCCCOc2ccc(/C=c3\sc4nc5ccccc5n4c3=O)cc2)c(C)c1. The lowest BCUT2D eigenvalue weighted by Crippen LogP contribution is -2.22. The zero-order valence-electron chi connectivity index (χ0n) is 18.6. The first-order chi connectivity index (χ1) is 16.1. The van der Waals surface area contributed by atoms with Gasteiger partial charge in [0.2, 0.25) is 0 Å². The number of para-hydroxylation sites is 2. The quantitative estimate of drug-likeness (QED) is 0.326. The van der Waals surface area contributed by atoms with E-state index in [0.29, 0.717) is 17.7 Å². The van der Waals surface area contributed by atoms with E-state index in [2.05, 4.69) is 31.0 Å². The number of aryl methyl sites for hydroxylation is 2. The van der Waals surface area contributed by atoms with Gasteiger partial charge in [-0.05, 0) is 61.4 Å². The van der Waals surface area contributed by atoms with E-state index in [1.54, 1.807) is 4.40 Å². The number of ether oxygens (including phenoxy) is 2. The van der Waals surface area contributed by atoms with Crippen LogP contribution in [0.15, 0.2) is 71.5 Å². The second-order valence-electron chi connectivity index (χ2n) is 8.02. The molecule has 0 atom stereocenters. The monoisotopic (exact) mass is 456 g/mol. The third kappa shape index (κ3) is 4.47. The van der Waals surface area contributed by atoms with Crippen LogP contribution in [0.1, 0.15) is 23.1 Å². The summed E-state index contributed by atoms with van der Waals surface area (Å²) in [6.45, 7) is 5.32. The van der Waals surface area contributed by atoms with Crippen molar-refractivity contribution in [3.05, 3.63) is 98.3 Å².